The average molecular weight is 463 g/mol. The number of nitrogens with zero attached hydrogens (tertiary/aromatic N) is 6. The molecule has 12 heteroatoms. The molecule has 0 bridgehead atoms. The van der Waals surface area contributed by atoms with Crippen LogP contribution in [0.4, 0.5) is 11.4 Å². The van der Waals surface area contributed by atoms with Crippen LogP contribution in [0.1, 0.15) is 6.92 Å². The molecule has 2 heterocycles. The van der Waals surface area contributed by atoms with Crippen LogP contribution in [0, 0.1) is 10.1 Å². The summed E-state index contributed by atoms with van der Waals surface area (Å²) < 4.78 is 7.60. The zero-order valence-electron chi connectivity index (χ0n) is 18.6. The Labute approximate surface area is 192 Å². The van der Waals surface area contributed by atoms with Gasteiger partial charge in [-0.3, -0.25) is 14.9 Å². The van der Waals surface area contributed by atoms with E-state index in [1.54, 1.807) is 49.4 Å². The molecule has 0 unspecified atom stereocenters. The highest BCUT2D eigenvalue weighted by atomic mass is 16.6. The predicted octanol–water partition coefficient (Wildman–Crippen LogP) is 2.15. The largest absolute Gasteiger partial charge is 0.497 e. The van der Waals surface area contributed by atoms with E-state index in [-0.39, 0.29) is 11.4 Å². The van der Waals surface area contributed by atoms with Gasteiger partial charge >= 0.3 is 5.69 Å². The number of aromatic amines is 1. The maximum Gasteiger partial charge on any atom is 0.361 e. The first kappa shape index (κ1) is 22.5. The molecule has 0 aliphatic heterocycles. The van der Waals surface area contributed by atoms with Crippen molar-refractivity contribution in [2.45, 2.75) is 6.92 Å². The van der Waals surface area contributed by atoms with Crippen molar-refractivity contribution in [1.29, 1.82) is 0 Å². The molecule has 4 aromatic rings. The topological polar surface area (TPSA) is 141 Å². The summed E-state index contributed by atoms with van der Waals surface area (Å²) in [5.41, 5.74) is 0.261. The Kier molecular flexibility index (Phi) is 5.95. The molecule has 0 aliphatic rings. The Balaban J connectivity index is 2.02. The van der Waals surface area contributed by atoms with Crippen molar-refractivity contribution in [2.75, 3.05) is 25.6 Å². The molecule has 1 N–H and O–H groups in total. The molecule has 12 nitrogen and oxygen atoms in total. The fraction of sp³-hybridized carbons (Fsp3) is 0.182. The molecular weight excluding hydrogens is 442 g/mol. The second kappa shape index (κ2) is 9.02. The molecule has 2 aromatic heterocycles. The summed E-state index contributed by atoms with van der Waals surface area (Å²) >= 11 is 0. The first-order chi connectivity index (χ1) is 16.3. The lowest BCUT2D eigenvalue weighted by atomic mass is 10.1. The summed E-state index contributed by atoms with van der Waals surface area (Å²) in [7, 11) is 3.29. The standard InChI is InChI=1S/C22H21N7O5/c1-4-26(2)20-12-17(14-6-5-7-16(10-14)34-3)24-28(21(20)30)19-11-15(8-9-18(19)29(32)33)27-13-23-22(31)25-27/h5-13H,4H2,1-3H3,(H,25,31). The number of rotatable bonds is 7. The number of ether oxygens (including phenoxy) is 1. The summed E-state index contributed by atoms with van der Waals surface area (Å²) in [5, 5.41) is 18.8. The number of H-pyrrole nitrogens is 1. The SMILES string of the molecule is CCN(C)c1cc(-c2cccc(OC)c2)nn(-c2cc(-n3cnc(=O)[nH]3)ccc2[N+](=O)[O-])c1=O. The van der Waals surface area contributed by atoms with Crippen molar-refractivity contribution in [1.82, 2.24) is 24.5 Å². The normalized spacial score (nSPS) is 10.8. The number of nitro groups is 1. The van der Waals surface area contributed by atoms with Gasteiger partial charge in [-0.25, -0.2) is 14.6 Å². The van der Waals surface area contributed by atoms with Crippen LogP contribution in [0.2, 0.25) is 0 Å². The third-order valence-electron chi connectivity index (χ3n) is 5.31. The summed E-state index contributed by atoms with van der Waals surface area (Å²) in [6.45, 7) is 2.41. The maximum atomic E-state index is 13.4. The van der Waals surface area contributed by atoms with Gasteiger partial charge in [0.15, 0.2) is 0 Å². The van der Waals surface area contributed by atoms with E-state index in [0.29, 0.717) is 34.9 Å². The highest BCUT2D eigenvalue weighted by molar-refractivity contribution is 5.67. The summed E-state index contributed by atoms with van der Waals surface area (Å²) in [5.74, 6) is 0.597. The minimum Gasteiger partial charge on any atom is -0.497 e. The summed E-state index contributed by atoms with van der Waals surface area (Å²) in [6.07, 6.45) is 1.24. The van der Waals surface area contributed by atoms with Gasteiger partial charge in [0, 0.05) is 25.2 Å². The Morgan fingerprint density at radius 3 is 2.62 bits per heavy atom. The molecule has 0 atom stereocenters. The summed E-state index contributed by atoms with van der Waals surface area (Å²) in [6, 6.07) is 12.8. The molecule has 2 aromatic carbocycles. The van der Waals surface area contributed by atoms with Crippen LogP contribution in [0.25, 0.3) is 22.6 Å². The van der Waals surface area contributed by atoms with Gasteiger partial charge in [-0.1, -0.05) is 12.1 Å². The number of nitro benzene ring substituents is 1. The van der Waals surface area contributed by atoms with E-state index >= 15 is 0 Å². The number of benzene rings is 2. The first-order valence-electron chi connectivity index (χ1n) is 10.2. The quantitative estimate of drug-likeness (QED) is 0.325. The second-order valence-electron chi connectivity index (χ2n) is 7.34. The van der Waals surface area contributed by atoms with E-state index in [1.165, 1.54) is 29.2 Å². The molecule has 0 spiro atoms. The highest BCUT2D eigenvalue weighted by Crippen LogP contribution is 2.28. The van der Waals surface area contributed by atoms with E-state index in [1.807, 2.05) is 6.92 Å². The van der Waals surface area contributed by atoms with Crippen molar-refractivity contribution in [3.8, 4) is 28.4 Å². The van der Waals surface area contributed by atoms with Gasteiger partial charge in [0.25, 0.3) is 11.2 Å². The van der Waals surface area contributed by atoms with Crippen LogP contribution in [-0.2, 0) is 0 Å². The monoisotopic (exact) mass is 463 g/mol. The lowest BCUT2D eigenvalue weighted by Crippen LogP contribution is -2.30. The number of aromatic nitrogens is 5. The first-order valence-corrected chi connectivity index (χ1v) is 10.2. The van der Waals surface area contributed by atoms with Gasteiger partial charge in [0.2, 0.25) is 0 Å². The lowest BCUT2D eigenvalue weighted by Gasteiger charge is -2.19. The number of nitrogens with one attached hydrogen (secondary N) is 1. The number of methoxy groups -OCH3 is 1. The zero-order chi connectivity index (χ0) is 24.4. The molecule has 4 rings (SSSR count). The Morgan fingerprint density at radius 1 is 1.18 bits per heavy atom. The van der Waals surface area contributed by atoms with Crippen LogP contribution in [0.3, 0.4) is 0 Å². The molecule has 174 valence electrons. The van der Waals surface area contributed by atoms with E-state index in [2.05, 4.69) is 15.2 Å². The fourth-order valence-corrected chi connectivity index (χ4v) is 3.40. The number of hydrogen-bond donors (Lipinski definition) is 1. The minimum atomic E-state index is -0.592. The molecule has 0 saturated heterocycles. The molecule has 0 aliphatic carbocycles. The Morgan fingerprint density at radius 2 is 1.97 bits per heavy atom. The van der Waals surface area contributed by atoms with E-state index < -0.39 is 16.2 Å². The van der Waals surface area contributed by atoms with Crippen LogP contribution in [0.15, 0.2) is 64.4 Å². The van der Waals surface area contributed by atoms with Gasteiger partial charge in [-0.15, -0.1) is 0 Å². The van der Waals surface area contributed by atoms with E-state index in [0.717, 1.165) is 4.68 Å². The minimum absolute atomic E-state index is 0.0578. The lowest BCUT2D eigenvalue weighted by molar-refractivity contribution is -0.384. The van der Waals surface area contributed by atoms with Gasteiger partial charge in [-0.05, 0) is 37.3 Å². The second-order valence-corrected chi connectivity index (χ2v) is 7.34. The number of hydrogen-bond acceptors (Lipinski definition) is 8. The van der Waals surface area contributed by atoms with Gasteiger partial charge in [0.05, 0.1) is 23.4 Å². The zero-order valence-corrected chi connectivity index (χ0v) is 18.6. The third kappa shape index (κ3) is 4.16. The highest BCUT2D eigenvalue weighted by Gasteiger charge is 2.22. The van der Waals surface area contributed by atoms with Crippen molar-refractivity contribution < 1.29 is 9.66 Å². The molecule has 0 fully saturated rings. The molecule has 0 amide bonds. The van der Waals surface area contributed by atoms with Crippen molar-refractivity contribution in [3.63, 3.8) is 0 Å². The van der Waals surface area contributed by atoms with Gasteiger partial charge in [-0.2, -0.15) is 14.8 Å². The fourth-order valence-electron chi connectivity index (χ4n) is 3.40. The van der Waals surface area contributed by atoms with Crippen molar-refractivity contribution in [2.24, 2.45) is 0 Å². The van der Waals surface area contributed by atoms with Crippen molar-refractivity contribution >= 4 is 11.4 Å². The van der Waals surface area contributed by atoms with Crippen LogP contribution < -0.4 is 20.9 Å². The Hall–Kier alpha value is -4.74. The van der Waals surface area contributed by atoms with Crippen LogP contribution >= 0.6 is 0 Å². The number of anilines is 1. The van der Waals surface area contributed by atoms with Crippen LogP contribution in [0.5, 0.6) is 5.75 Å². The maximum absolute atomic E-state index is 13.4. The molecule has 0 radical (unpaired) electrons. The van der Waals surface area contributed by atoms with Crippen LogP contribution in [-0.4, -0.2) is 50.2 Å². The third-order valence-corrected chi connectivity index (χ3v) is 5.31. The molecule has 0 saturated carbocycles. The van der Waals surface area contributed by atoms with Crippen molar-refractivity contribution in [3.05, 3.63) is 85.8 Å². The molecule has 34 heavy (non-hydrogen) atoms. The molecular formula is C22H21N7O5. The van der Waals surface area contributed by atoms with Gasteiger partial charge < -0.3 is 9.64 Å². The van der Waals surface area contributed by atoms with E-state index in [4.69, 9.17) is 4.74 Å². The van der Waals surface area contributed by atoms with Gasteiger partial charge in [0.1, 0.15) is 23.5 Å². The predicted molar refractivity (Wildman–Crippen MR) is 125 cm³/mol. The average Bonchev–Trinajstić information content (AvgIpc) is 3.29. The smallest absolute Gasteiger partial charge is 0.361 e. The van der Waals surface area contributed by atoms with E-state index in [9.17, 15) is 19.7 Å². The Bertz CT molecular complexity index is 1490. The summed E-state index contributed by atoms with van der Waals surface area (Å²) in [4.78, 5) is 41.5.